The van der Waals surface area contributed by atoms with E-state index in [1.54, 1.807) is 30.6 Å². The quantitative estimate of drug-likeness (QED) is 0.517. The lowest BCUT2D eigenvalue weighted by Gasteiger charge is -2.35. The summed E-state index contributed by atoms with van der Waals surface area (Å²) in [4.78, 5) is 35.4. The van der Waals surface area contributed by atoms with Crippen LogP contribution in [0.5, 0.6) is 0 Å². The first kappa shape index (κ1) is 20.7. The third-order valence-corrected chi connectivity index (χ3v) is 4.97. The van der Waals surface area contributed by atoms with Crippen LogP contribution in [-0.2, 0) is 6.54 Å². The molecule has 162 valence electrons. The van der Waals surface area contributed by atoms with Gasteiger partial charge in [0.15, 0.2) is 5.82 Å². The van der Waals surface area contributed by atoms with Crippen LogP contribution in [0, 0.1) is 5.95 Å². The highest BCUT2D eigenvalue weighted by atomic mass is 19.1. The van der Waals surface area contributed by atoms with E-state index in [1.165, 1.54) is 6.33 Å². The predicted molar refractivity (Wildman–Crippen MR) is 114 cm³/mol. The van der Waals surface area contributed by atoms with Crippen molar-refractivity contribution < 1.29 is 9.18 Å². The molecule has 4 heterocycles. The maximum atomic E-state index is 14.6. The number of aromatic amines is 1. The number of aromatic nitrogens is 5. The number of nitrogens with zero attached hydrogens (tertiary/aromatic N) is 6. The Balaban J connectivity index is 1.33. The van der Waals surface area contributed by atoms with Gasteiger partial charge in [-0.2, -0.15) is 4.39 Å². The van der Waals surface area contributed by atoms with Crippen molar-refractivity contribution in [3.63, 3.8) is 0 Å². The molecule has 2 amide bonds. The van der Waals surface area contributed by atoms with E-state index in [0.29, 0.717) is 49.2 Å². The first-order valence-corrected chi connectivity index (χ1v) is 10.1. The van der Waals surface area contributed by atoms with Crippen molar-refractivity contribution in [3.8, 4) is 11.5 Å². The van der Waals surface area contributed by atoms with Crippen molar-refractivity contribution in [2.45, 2.75) is 13.5 Å². The number of piperazine rings is 1. The van der Waals surface area contributed by atoms with E-state index in [9.17, 15) is 9.18 Å². The molecule has 0 aromatic carbocycles. The van der Waals surface area contributed by atoms with Crippen LogP contribution in [0.15, 0.2) is 36.9 Å². The number of carbonyl (C=O) groups is 1. The van der Waals surface area contributed by atoms with Gasteiger partial charge >= 0.3 is 6.03 Å². The summed E-state index contributed by atoms with van der Waals surface area (Å²) in [6.07, 6.45) is 4.73. The van der Waals surface area contributed by atoms with Gasteiger partial charge < -0.3 is 15.2 Å². The van der Waals surface area contributed by atoms with E-state index >= 15 is 0 Å². The van der Waals surface area contributed by atoms with Gasteiger partial charge in [0.25, 0.3) is 0 Å². The first-order chi connectivity index (χ1) is 15.1. The summed E-state index contributed by atoms with van der Waals surface area (Å²) in [6, 6.07) is 4.99. The van der Waals surface area contributed by atoms with Crippen LogP contribution in [-0.4, -0.2) is 68.6 Å². The third kappa shape index (κ3) is 5.12. The Labute approximate surface area is 178 Å². The Morgan fingerprint density at radius 1 is 1.19 bits per heavy atom. The third-order valence-electron chi connectivity index (χ3n) is 4.97. The molecule has 3 N–H and O–H groups in total. The number of imidazole rings is 1. The first-order valence-electron chi connectivity index (χ1n) is 10.1. The number of anilines is 2. The highest BCUT2D eigenvalue weighted by Gasteiger charge is 2.21. The van der Waals surface area contributed by atoms with E-state index in [-0.39, 0.29) is 6.03 Å². The molecule has 3 aromatic heterocycles. The second-order valence-electron chi connectivity index (χ2n) is 7.09. The van der Waals surface area contributed by atoms with Crippen LogP contribution in [0.25, 0.3) is 11.5 Å². The Hall–Kier alpha value is -3.60. The Bertz CT molecular complexity index is 1020. The lowest BCUT2D eigenvalue weighted by atomic mass is 10.2. The monoisotopic (exact) mass is 425 g/mol. The van der Waals surface area contributed by atoms with Crippen molar-refractivity contribution >= 4 is 17.5 Å². The molecule has 3 aromatic rings. The molecular formula is C20H24FN9O. The summed E-state index contributed by atoms with van der Waals surface area (Å²) < 4.78 is 14.6. The van der Waals surface area contributed by atoms with Gasteiger partial charge in [0.1, 0.15) is 17.8 Å². The van der Waals surface area contributed by atoms with E-state index in [4.69, 9.17) is 0 Å². The van der Waals surface area contributed by atoms with Gasteiger partial charge in [-0.1, -0.05) is 0 Å². The lowest BCUT2D eigenvalue weighted by molar-refractivity contribution is 0.246. The molecule has 0 saturated carbocycles. The van der Waals surface area contributed by atoms with Crippen LogP contribution < -0.4 is 15.5 Å². The summed E-state index contributed by atoms with van der Waals surface area (Å²) >= 11 is 0. The minimum absolute atomic E-state index is 0.297. The van der Waals surface area contributed by atoms with Crippen molar-refractivity contribution in [2.24, 2.45) is 0 Å². The van der Waals surface area contributed by atoms with Crippen molar-refractivity contribution in [2.75, 3.05) is 42.9 Å². The fraction of sp³-hybridized carbons (Fsp3) is 0.350. The number of halogens is 1. The number of amides is 2. The summed E-state index contributed by atoms with van der Waals surface area (Å²) in [5, 5.41) is 5.35. The van der Waals surface area contributed by atoms with Crippen molar-refractivity contribution in [1.29, 1.82) is 0 Å². The van der Waals surface area contributed by atoms with Crippen molar-refractivity contribution in [1.82, 2.24) is 35.1 Å². The molecule has 4 rings (SSSR count). The fourth-order valence-corrected chi connectivity index (χ4v) is 3.45. The maximum absolute atomic E-state index is 14.6. The predicted octanol–water partition coefficient (Wildman–Crippen LogP) is 1.86. The summed E-state index contributed by atoms with van der Waals surface area (Å²) in [6.45, 7) is 5.86. The van der Waals surface area contributed by atoms with E-state index < -0.39 is 5.95 Å². The Morgan fingerprint density at radius 2 is 2.03 bits per heavy atom. The molecule has 0 atom stereocenters. The molecule has 1 aliphatic heterocycles. The molecule has 0 unspecified atom stereocenters. The molecule has 0 bridgehead atoms. The van der Waals surface area contributed by atoms with Crippen LogP contribution in [0.4, 0.5) is 20.7 Å². The highest BCUT2D eigenvalue weighted by Crippen LogP contribution is 2.23. The number of hydrogen-bond acceptors (Lipinski definition) is 7. The molecular weight excluding hydrogens is 401 g/mol. The molecule has 11 heteroatoms. The number of urea groups is 1. The Morgan fingerprint density at radius 3 is 2.74 bits per heavy atom. The highest BCUT2D eigenvalue weighted by molar-refractivity contribution is 5.88. The van der Waals surface area contributed by atoms with Gasteiger partial charge in [-0.05, 0) is 19.1 Å². The van der Waals surface area contributed by atoms with Gasteiger partial charge in [0.2, 0.25) is 5.95 Å². The topological polar surface area (TPSA) is 115 Å². The zero-order chi connectivity index (χ0) is 21.6. The molecule has 0 aliphatic carbocycles. The number of pyridine rings is 1. The zero-order valence-corrected chi connectivity index (χ0v) is 17.2. The average molecular weight is 425 g/mol. The zero-order valence-electron chi connectivity index (χ0n) is 17.2. The number of carbonyl (C=O) groups excluding carboxylic acids is 1. The molecule has 10 nitrogen and oxygen atoms in total. The second-order valence-corrected chi connectivity index (χ2v) is 7.09. The van der Waals surface area contributed by atoms with Crippen molar-refractivity contribution in [3.05, 3.63) is 48.6 Å². The number of nitrogens with one attached hydrogen (secondary N) is 3. The largest absolute Gasteiger partial charge is 0.365 e. The SMILES string of the molecule is CCNC(=O)Nc1cc(CN2CCN(c3ccc(-c4ncc[nH]4)nc3F)CC2)ncn1. The Kier molecular flexibility index (Phi) is 6.32. The summed E-state index contributed by atoms with van der Waals surface area (Å²) in [5.74, 6) is 0.500. The number of H-pyrrole nitrogens is 1. The molecule has 31 heavy (non-hydrogen) atoms. The van der Waals surface area contributed by atoms with Gasteiger partial charge in [0.05, 0.1) is 11.4 Å². The molecule has 0 radical (unpaired) electrons. The fourth-order valence-electron chi connectivity index (χ4n) is 3.45. The lowest BCUT2D eigenvalue weighted by Crippen LogP contribution is -2.46. The minimum Gasteiger partial charge on any atom is -0.365 e. The average Bonchev–Trinajstić information content (AvgIpc) is 3.30. The molecule has 1 aliphatic rings. The van der Waals surface area contributed by atoms with E-state index in [0.717, 1.165) is 18.8 Å². The molecule has 1 saturated heterocycles. The number of hydrogen-bond donors (Lipinski definition) is 3. The molecule has 1 fully saturated rings. The second kappa shape index (κ2) is 9.47. The molecule has 0 spiro atoms. The van der Waals surface area contributed by atoms with Crippen LogP contribution in [0.2, 0.25) is 0 Å². The van der Waals surface area contributed by atoms with E-state index in [2.05, 4.69) is 40.5 Å². The van der Waals surface area contributed by atoms with Crippen LogP contribution in [0.3, 0.4) is 0 Å². The maximum Gasteiger partial charge on any atom is 0.320 e. The van der Waals surface area contributed by atoms with Crippen LogP contribution >= 0.6 is 0 Å². The van der Waals surface area contributed by atoms with Gasteiger partial charge in [-0.3, -0.25) is 10.2 Å². The standard InChI is InChI=1S/C20H24FN9O/c1-2-22-20(31)28-17-11-14(25-13-26-17)12-29-7-9-30(10-8-29)16-4-3-15(27-18(16)21)19-23-5-6-24-19/h3-6,11,13H,2,7-10,12H2,1H3,(H,23,24)(H2,22,25,26,28,31). The summed E-state index contributed by atoms with van der Waals surface area (Å²) in [5.41, 5.74) is 1.78. The van der Waals surface area contributed by atoms with Gasteiger partial charge in [0, 0.05) is 57.7 Å². The minimum atomic E-state index is -0.501. The van der Waals surface area contributed by atoms with Gasteiger partial charge in [-0.25, -0.2) is 24.7 Å². The number of rotatable bonds is 6. The summed E-state index contributed by atoms with van der Waals surface area (Å²) in [7, 11) is 0. The van der Waals surface area contributed by atoms with Gasteiger partial charge in [-0.15, -0.1) is 0 Å². The van der Waals surface area contributed by atoms with Crippen LogP contribution in [0.1, 0.15) is 12.6 Å². The van der Waals surface area contributed by atoms with E-state index in [1.807, 2.05) is 11.8 Å². The normalized spacial score (nSPS) is 14.5. The smallest absolute Gasteiger partial charge is 0.320 e.